The van der Waals surface area contributed by atoms with Crippen molar-refractivity contribution in [3.8, 4) is 0 Å². The van der Waals surface area contributed by atoms with Gasteiger partial charge in [-0.05, 0) is 12.1 Å². The van der Waals surface area contributed by atoms with Crippen molar-refractivity contribution in [3.63, 3.8) is 0 Å². The highest BCUT2D eigenvalue weighted by atomic mass is 32.1. The molecule has 6 heteroatoms. The Bertz CT molecular complexity index is 266. The van der Waals surface area contributed by atoms with Crippen LogP contribution in [0.5, 0.6) is 0 Å². The molecule has 2 N–H and O–H groups in total. The molecule has 0 saturated heterocycles. The molecule has 13 heavy (non-hydrogen) atoms. The van der Waals surface area contributed by atoms with Gasteiger partial charge in [-0.1, -0.05) is 0 Å². The Balaban J connectivity index is 3.00. The molecule has 0 aliphatic heterocycles. The lowest BCUT2D eigenvalue weighted by atomic mass is 10.6. The first-order valence-corrected chi connectivity index (χ1v) is 6.24. The highest BCUT2D eigenvalue weighted by Crippen LogP contribution is 2.16. The normalized spacial score (nSPS) is 11.9. The number of rotatable bonds is 4. The maximum Gasteiger partial charge on any atom is 0.546 e. The molecule has 0 amide bonds. The lowest BCUT2D eigenvalue weighted by Crippen LogP contribution is -2.53. The van der Waals surface area contributed by atoms with Gasteiger partial charge in [0, 0.05) is 21.3 Å². The number of anilines is 1. The summed E-state index contributed by atoms with van der Waals surface area (Å²) in [5.74, 6) is 0. The van der Waals surface area contributed by atoms with Crippen molar-refractivity contribution in [1.29, 1.82) is 0 Å². The molecule has 0 fully saturated rings. The van der Waals surface area contributed by atoms with Gasteiger partial charge in [0.25, 0.3) is 0 Å². The molecule has 1 aromatic rings. The molecule has 0 spiro atoms. The van der Waals surface area contributed by atoms with Gasteiger partial charge in [0.1, 0.15) is 0 Å². The van der Waals surface area contributed by atoms with Crippen molar-refractivity contribution in [2.24, 2.45) is 0 Å². The van der Waals surface area contributed by atoms with Crippen LogP contribution >= 0.6 is 11.3 Å². The first kappa shape index (κ1) is 10.7. The van der Waals surface area contributed by atoms with Crippen LogP contribution in [0.25, 0.3) is 0 Å². The van der Waals surface area contributed by atoms with Gasteiger partial charge in [0.15, 0.2) is 0 Å². The second kappa shape index (κ2) is 4.21. The molecule has 0 aliphatic carbocycles. The van der Waals surface area contributed by atoms with Crippen LogP contribution in [0.4, 0.5) is 5.00 Å². The summed E-state index contributed by atoms with van der Waals surface area (Å²) in [7, 11) is 2.10. The SMILES string of the molecule is CO[Si](OC)(OC)c1ccc(N)s1. The van der Waals surface area contributed by atoms with E-state index in [1.54, 1.807) is 21.3 Å². The summed E-state index contributed by atoms with van der Waals surface area (Å²) >= 11 is 1.43. The fraction of sp³-hybridized carbons (Fsp3) is 0.429. The summed E-state index contributed by atoms with van der Waals surface area (Å²) in [5, 5.41) is 0.734. The van der Waals surface area contributed by atoms with E-state index in [4.69, 9.17) is 19.0 Å². The van der Waals surface area contributed by atoms with Gasteiger partial charge >= 0.3 is 8.80 Å². The molecular formula is C7H13NO3SSi. The zero-order valence-electron chi connectivity index (χ0n) is 7.87. The highest BCUT2D eigenvalue weighted by molar-refractivity contribution is 7.27. The summed E-state index contributed by atoms with van der Waals surface area (Å²) < 4.78 is 16.8. The number of hydrogen-bond acceptors (Lipinski definition) is 5. The summed E-state index contributed by atoms with van der Waals surface area (Å²) in [5.41, 5.74) is 5.61. The van der Waals surface area contributed by atoms with Crippen LogP contribution in [-0.2, 0) is 13.3 Å². The van der Waals surface area contributed by atoms with E-state index in [0.717, 1.165) is 9.50 Å². The monoisotopic (exact) mass is 219 g/mol. The van der Waals surface area contributed by atoms with Crippen molar-refractivity contribution < 1.29 is 13.3 Å². The molecule has 0 saturated carbocycles. The quantitative estimate of drug-likeness (QED) is 0.746. The standard InChI is InChI=1S/C7H13NO3SSi/c1-9-13(10-2,11-3)7-5-4-6(8)12-7/h4-5H,8H2,1-3H3. The van der Waals surface area contributed by atoms with Gasteiger partial charge in [0.2, 0.25) is 0 Å². The largest absolute Gasteiger partial charge is 0.546 e. The fourth-order valence-electron chi connectivity index (χ4n) is 1.07. The minimum Gasteiger partial charge on any atom is -0.391 e. The number of nitrogens with two attached hydrogens (primary N) is 1. The molecule has 0 atom stereocenters. The predicted octanol–water partition coefficient (Wildman–Crippen LogP) is 0.415. The van der Waals surface area contributed by atoms with Crippen LogP contribution in [-0.4, -0.2) is 30.1 Å². The van der Waals surface area contributed by atoms with E-state index in [9.17, 15) is 0 Å². The first-order chi connectivity index (χ1) is 6.18. The number of nitrogen functional groups attached to an aromatic ring is 1. The molecule has 0 aliphatic rings. The number of hydrogen-bond donors (Lipinski definition) is 1. The van der Waals surface area contributed by atoms with E-state index in [1.807, 2.05) is 12.1 Å². The maximum absolute atomic E-state index is 5.61. The maximum atomic E-state index is 5.61. The van der Waals surface area contributed by atoms with E-state index < -0.39 is 8.80 Å². The molecule has 0 aromatic carbocycles. The van der Waals surface area contributed by atoms with E-state index in [0.29, 0.717) is 0 Å². The van der Waals surface area contributed by atoms with Crippen LogP contribution in [0.15, 0.2) is 12.1 Å². The molecular weight excluding hydrogens is 206 g/mol. The first-order valence-electron chi connectivity index (χ1n) is 3.69. The van der Waals surface area contributed by atoms with Crippen LogP contribution in [0.3, 0.4) is 0 Å². The van der Waals surface area contributed by atoms with Gasteiger partial charge in [0.05, 0.1) is 9.50 Å². The van der Waals surface area contributed by atoms with Crippen LogP contribution in [0.1, 0.15) is 0 Å². The topological polar surface area (TPSA) is 53.7 Å². The van der Waals surface area contributed by atoms with Gasteiger partial charge in [-0.2, -0.15) is 0 Å². The Morgan fingerprint density at radius 3 is 2.00 bits per heavy atom. The van der Waals surface area contributed by atoms with E-state index in [2.05, 4.69) is 0 Å². The second-order valence-electron chi connectivity index (χ2n) is 2.37. The lowest BCUT2D eigenvalue weighted by molar-refractivity contribution is 0.141. The average Bonchev–Trinajstić information content (AvgIpc) is 2.57. The molecule has 0 radical (unpaired) electrons. The highest BCUT2D eigenvalue weighted by Gasteiger charge is 2.42. The summed E-state index contributed by atoms with van der Waals surface area (Å²) in [4.78, 5) is 0. The molecule has 74 valence electrons. The van der Waals surface area contributed by atoms with Crippen LogP contribution in [0, 0.1) is 0 Å². The number of thiophene rings is 1. The van der Waals surface area contributed by atoms with Gasteiger partial charge in [-0.25, -0.2) is 0 Å². The fourth-order valence-corrected chi connectivity index (χ4v) is 4.59. The van der Waals surface area contributed by atoms with Crippen molar-refractivity contribution in [2.75, 3.05) is 27.1 Å². The van der Waals surface area contributed by atoms with Crippen molar-refractivity contribution in [2.45, 2.75) is 0 Å². The third kappa shape index (κ3) is 1.92. The zero-order chi connectivity index (χ0) is 9.90. The molecule has 1 heterocycles. The van der Waals surface area contributed by atoms with Crippen LogP contribution in [0.2, 0.25) is 0 Å². The Hall–Kier alpha value is -0.403. The Labute approximate surface area is 82.6 Å². The molecule has 1 rings (SSSR count). The Morgan fingerprint density at radius 2 is 1.69 bits per heavy atom. The van der Waals surface area contributed by atoms with Crippen molar-refractivity contribution in [1.82, 2.24) is 0 Å². The molecule has 4 nitrogen and oxygen atoms in total. The van der Waals surface area contributed by atoms with Gasteiger partial charge in [-0.3, -0.25) is 0 Å². The Morgan fingerprint density at radius 1 is 1.15 bits per heavy atom. The lowest BCUT2D eigenvalue weighted by Gasteiger charge is -2.22. The molecule has 0 unspecified atom stereocenters. The van der Waals surface area contributed by atoms with E-state index >= 15 is 0 Å². The summed E-state index contributed by atoms with van der Waals surface area (Å²) in [6, 6.07) is 3.70. The minimum absolute atomic E-state index is 0.734. The van der Waals surface area contributed by atoms with E-state index in [1.165, 1.54) is 11.3 Å². The molecule has 1 aromatic heterocycles. The smallest absolute Gasteiger partial charge is 0.391 e. The summed E-state index contributed by atoms with van der Waals surface area (Å²) in [6.07, 6.45) is 0. The average molecular weight is 219 g/mol. The second-order valence-corrected chi connectivity index (χ2v) is 6.72. The molecule has 0 bridgehead atoms. The predicted molar refractivity (Wildman–Crippen MR) is 55.1 cm³/mol. The third-order valence-electron chi connectivity index (χ3n) is 1.73. The third-order valence-corrected chi connectivity index (χ3v) is 5.90. The van der Waals surface area contributed by atoms with Crippen LogP contribution < -0.4 is 10.2 Å². The van der Waals surface area contributed by atoms with E-state index in [-0.39, 0.29) is 0 Å². The van der Waals surface area contributed by atoms with Crippen molar-refractivity contribution in [3.05, 3.63) is 12.1 Å². The van der Waals surface area contributed by atoms with Crippen molar-refractivity contribution >= 4 is 29.6 Å². The van der Waals surface area contributed by atoms with Gasteiger partial charge in [-0.15, -0.1) is 11.3 Å². The minimum atomic E-state index is -2.63. The van der Waals surface area contributed by atoms with Gasteiger partial charge < -0.3 is 19.0 Å². The Kier molecular flexibility index (Phi) is 3.45. The summed E-state index contributed by atoms with van der Waals surface area (Å²) in [6.45, 7) is 0. The zero-order valence-corrected chi connectivity index (χ0v) is 9.68.